The minimum atomic E-state index is 0.0742. The van der Waals surface area contributed by atoms with Crippen molar-refractivity contribution >= 4 is 5.91 Å². The molecule has 5 nitrogen and oxygen atoms in total. The number of hydrogen-bond acceptors (Lipinski definition) is 4. The van der Waals surface area contributed by atoms with Crippen LogP contribution in [0.1, 0.15) is 20.8 Å². The summed E-state index contributed by atoms with van der Waals surface area (Å²) in [5.41, 5.74) is 3.18. The van der Waals surface area contributed by atoms with Gasteiger partial charge in [0.05, 0.1) is 6.54 Å². The van der Waals surface area contributed by atoms with Crippen LogP contribution >= 0.6 is 0 Å². The highest BCUT2D eigenvalue weighted by molar-refractivity contribution is 5.78. The van der Waals surface area contributed by atoms with E-state index in [0.29, 0.717) is 12.5 Å². The molecule has 0 radical (unpaired) electrons. The van der Waals surface area contributed by atoms with Crippen molar-refractivity contribution in [1.29, 1.82) is 0 Å². The van der Waals surface area contributed by atoms with Crippen molar-refractivity contribution in [1.82, 2.24) is 20.7 Å². The quantitative estimate of drug-likeness (QED) is 0.707. The van der Waals surface area contributed by atoms with E-state index >= 15 is 0 Å². The summed E-state index contributed by atoms with van der Waals surface area (Å²) >= 11 is 0. The number of likely N-dealkylation sites (N-methyl/N-ethyl adjacent to an activating group) is 1. The van der Waals surface area contributed by atoms with Crippen LogP contribution in [-0.4, -0.2) is 61.6 Å². The van der Waals surface area contributed by atoms with Crippen molar-refractivity contribution in [3.63, 3.8) is 0 Å². The van der Waals surface area contributed by atoms with Gasteiger partial charge in [-0.05, 0) is 19.9 Å². The average molecular weight is 242 g/mol. The summed E-state index contributed by atoms with van der Waals surface area (Å²) in [4.78, 5) is 13.9. The Morgan fingerprint density at radius 1 is 1.18 bits per heavy atom. The van der Waals surface area contributed by atoms with Gasteiger partial charge in [0.1, 0.15) is 0 Å². The third-order valence-corrected chi connectivity index (χ3v) is 3.36. The van der Waals surface area contributed by atoms with Gasteiger partial charge in [0.2, 0.25) is 5.91 Å². The summed E-state index contributed by atoms with van der Waals surface area (Å²) in [6.45, 7) is 10.7. The van der Waals surface area contributed by atoms with E-state index in [2.05, 4.69) is 41.5 Å². The molecular weight excluding hydrogens is 216 g/mol. The lowest BCUT2D eigenvalue weighted by atomic mass is 10.1. The summed E-state index contributed by atoms with van der Waals surface area (Å²) < 4.78 is 0. The minimum absolute atomic E-state index is 0.0742. The van der Waals surface area contributed by atoms with Crippen LogP contribution in [0.3, 0.4) is 0 Å². The predicted octanol–water partition coefficient (Wildman–Crippen LogP) is -0.101. The van der Waals surface area contributed by atoms with Gasteiger partial charge in [0, 0.05) is 32.2 Å². The third-order valence-electron chi connectivity index (χ3n) is 3.36. The third kappa shape index (κ3) is 5.48. The van der Waals surface area contributed by atoms with Crippen LogP contribution in [0.25, 0.3) is 0 Å². The van der Waals surface area contributed by atoms with Crippen molar-refractivity contribution < 1.29 is 4.79 Å². The zero-order valence-corrected chi connectivity index (χ0v) is 11.5. The number of hydrazine groups is 1. The van der Waals surface area contributed by atoms with E-state index in [9.17, 15) is 4.79 Å². The number of nitrogens with one attached hydrogen (secondary N) is 2. The lowest BCUT2D eigenvalue weighted by molar-refractivity contribution is -0.122. The molecule has 0 saturated carbocycles. The zero-order chi connectivity index (χ0) is 12.8. The Labute approximate surface area is 104 Å². The average Bonchev–Trinajstić information content (AvgIpc) is 2.28. The van der Waals surface area contributed by atoms with E-state index in [1.54, 1.807) is 0 Å². The molecule has 100 valence electrons. The second kappa shape index (κ2) is 6.93. The molecule has 1 heterocycles. The molecule has 1 saturated heterocycles. The Kier molecular flexibility index (Phi) is 5.88. The predicted molar refractivity (Wildman–Crippen MR) is 69.5 cm³/mol. The summed E-state index contributed by atoms with van der Waals surface area (Å²) in [6.07, 6.45) is 0. The van der Waals surface area contributed by atoms with Crippen LogP contribution in [0.4, 0.5) is 0 Å². The number of rotatable bonds is 5. The zero-order valence-electron chi connectivity index (χ0n) is 11.5. The largest absolute Gasteiger partial charge is 0.352 e. The minimum Gasteiger partial charge on any atom is -0.352 e. The van der Waals surface area contributed by atoms with Crippen molar-refractivity contribution in [2.75, 3.05) is 39.8 Å². The Morgan fingerprint density at radius 3 is 2.29 bits per heavy atom. The Morgan fingerprint density at radius 2 is 1.76 bits per heavy atom. The number of carbonyl (C=O) groups is 1. The van der Waals surface area contributed by atoms with E-state index in [-0.39, 0.29) is 11.9 Å². The van der Waals surface area contributed by atoms with Crippen LogP contribution in [-0.2, 0) is 4.79 Å². The van der Waals surface area contributed by atoms with Crippen molar-refractivity contribution in [3.8, 4) is 0 Å². The van der Waals surface area contributed by atoms with Gasteiger partial charge in [-0.15, -0.1) is 0 Å². The van der Waals surface area contributed by atoms with Gasteiger partial charge in [-0.25, -0.2) is 10.4 Å². The lowest BCUT2D eigenvalue weighted by Crippen LogP contribution is -2.53. The molecule has 1 rings (SSSR count). The number of nitrogens with zero attached hydrogens (tertiary/aromatic N) is 2. The molecule has 0 bridgehead atoms. The molecule has 0 aromatic rings. The summed E-state index contributed by atoms with van der Waals surface area (Å²) in [6, 6.07) is 0.233. The molecule has 0 spiro atoms. The second-order valence-corrected chi connectivity index (χ2v) is 5.23. The second-order valence-electron chi connectivity index (χ2n) is 5.23. The van der Waals surface area contributed by atoms with Crippen LogP contribution in [0.2, 0.25) is 0 Å². The van der Waals surface area contributed by atoms with E-state index in [0.717, 1.165) is 26.2 Å². The van der Waals surface area contributed by atoms with E-state index in [4.69, 9.17) is 0 Å². The lowest BCUT2D eigenvalue weighted by Gasteiger charge is -2.32. The first kappa shape index (κ1) is 14.4. The number of carbonyl (C=O) groups excluding carboxylic acids is 1. The highest BCUT2D eigenvalue weighted by Crippen LogP contribution is 1.99. The molecule has 17 heavy (non-hydrogen) atoms. The van der Waals surface area contributed by atoms with Gasteiger partial charge in [0.15, 0.2) is 0 Å². The van der Waals surface area contributed by atoms with Gasteiger partial charge in [-0.1, -0.05) is 13.8 Å². The Hall–Kier alpha value is -0.650. The van der Waals surface area contributed by atoms with Crippen LogP contribution < -0.4 is 10.7 Å². The summed E-state index contributed by atoms with van der Waals surface area (Å²) in [5.74, 6) is 0.549. The van der Waals surface area contributed by atoms with E-state index in [1.165, 1.54) is 0 Å². The molecule has 1 unspecified atom stereocenters. The topological polar surface area (TPSA) is 47.6 Å². The molecule has 1 aliphatic heterocycles. The van der Waals surface area contributed by atoms with Gasteiger partial charge in [-0.2, -0.15) is 0 Å². The van der Waals surface area contributed by atoms with Gasteiger partial charge < -0.3 is 10.2 Å². The fourth-order valence-electron chi connectivity index (χ4n) is 1.62. The number of amides is 1. The molecular formula is C12H26N4O. The van der Waals surface area contributed by atoms with Crippen molar-refractivity contribution in [3.05, 3.63) is 0 Å². The maximum atomic E-state index is 11.7. The molecule has 1 atom stereocenters. The number of hydrogen-bond donors (Lipinski definition) is 2. The Balaban J connectivity index is 2.15. The standard InChI is InChI=1S/C12H26N4O/c1-10(2)11(3)14-12(17)9-13-16-7-5-15(4)6-8-16/h10-11,13H,5-9H2,1-4H3,(H,14,17). The molecule has 1 amide bonds. The van der Waals surface area contributed by atoms with Crippen molar-refractivity contribution in [2.24, 2.45) is 5.92 Å². The normalized spacial score (nSPS) is 20.5. The summed E-state index contributed by atoms with van der Waals surface area (Å²) in [5, 5.41) is 5.11. The summed E-state index contributed by atoms with van der Waals surface area (Å²) in [7, 11) is 2.12. The molecule has 1 aliphatic rings. The molecule has 2 N–H and O–H groups in total. The first-order chi connectivity index (χ1) is 7.99. The highest BCUT2D eigenvalue weighted by Gasteiger charge is 2.15. The molecule has 0 aliphatic carbocycles. The first-order valence-corrected chi connectivity index (χ1v) is 6.45. The fourth-order valence-corrected chi connectivity index (χ4v) is 1.62. The van der Waals surface area contributed by atoms with Gasteiger partial charge in [0.25, 0.3) is 0 Å². The fraction of sp³-hybridized carbons (Fsp3) is 0.917. The Bertz CT molecular complexity index is 237. The SMILES string of the molecule is CC(C)C(C)NC(=O)CNN1CCN(C)CC1. The maximum Gasteiger partial charge on any atom is 0.235 e. The molecule has 5 heteroatoms. The first-order valence-electron chi connectivity index (χ1n) is 6.45. The van der Waals surface area contributed by atoms with Gasteiger partial charge in [-0.3, -0.25) is 4.79 Å². The molecule has 0 aromatic carbocycles. The smallest absolute Gasteiger partial charge is 0.235 e. The maximum absolute atomic E-state index is 11.7. The molecule has 0 aromatic heterocycles. The van der Waals surface area contributed by atoms with Crippen LogP contribution in [0.15, 0.2) is 0 Å². The van der Waals surface area contributed by atoms with Crippen molar-refractivity contribution in [2.45, 2.75) is 26.8 Å². The van der Waals surface area contributed by atoms with E-state index in [1.807, 2.05) is 6.92 Å². The number of piperazine rings is 1. The van der Waals surface area contributed by atoms with Gasteiger partial charge >= 0.3 is 0 Å². The highest BCUT2D eigenvalue weighted by atomic mass is 16.2. The molecule has 1 fully saturated rings. The van der Waals surface area contributed by atoms with Crippen LogP contribution in [0.5, 0.6) is 0 Å². The van der Waals surface area contributed by atoms with Crippen LogP contribution in [0, 0.1) is 5.92 Å². The van der Waals surface area contributed by atoms with E-state index < -0.39 is 0 Å². The monoisotopic (exact) mass is 242 g/mol.